The molecule has 1 aromatic heterocycles. The molecule has 0 aliphatic carbocycles. The Morgan fingerprint density at radius 1 is 1.50 bits per heavy atom. The Bertz CT molecular complexity index is 636. The minimum Gasteiger partial charge on any atom is -0.380 e. The predicted molar refractivity (Wildman–Crippen MR) is 74.1 cm³/mol. The number of anilines is 2. The average molecular weight is 295 g/mol. The van der Waals surface area contributed by atoms with E-state index < -0.39 is 4.92 Å². The van der Waals surface area contributed by atoms with Crippen molar-refractivity contribution in [3.05, 3.63) is 51.4 Å². The molecule has 1 N–H and O–H groups in total. The van der Waals surface area contributed by atoms with Gasteiger partial charge in [-0.25, -0.2) is 4.98 Å². The van der Waals surface area contributed by atoms with Gasteiger partial charge in [-0.05, 0) is 29.3 Å². The third-order valence-electron chi connectivity index (χ3n) is 2.44. The lowest BCUT2D eigenvalue weighted by atomic mass is 10.2. The molecule has 1 heterocycles. The van der Waals surface area contributed by atoms with Crippen molar-refractivity contribution in [1.29, 1.82) is 0 Å². The van der Waals surface area contributed by atoms with Crippen LogP contribution in [0.3, 0.4) is 0 Å². The Balaban J connectivity index is 2.31. The summed E-state index contributed by atoms with van der Waals surface area (Å²) in [7, 11) is 1.59. The van der Waals surface area contributed by atoms with Crippen LogP contribution in [0.5, 0.6) is 0 Å². The lowest BCUT2D eigenvalue weighted by Gasteiger charge is -2.07. The third kappa shape index (κ3) is 3.40. The molecule has 0 saturated carbocycles. The summed E-state index contributed by atoms with van der Waals surface area (Å²) in [5.41, 5.74) is 1.34. The first-order valence-electron chi connectivity index (χ1n) is 5.62. The first-order valence-corrected chi connectivity index (χ1v) is 6.00. The van der Waals surface area contributed by atoms with Crippen molar-refractivity contribution < 1.29 is 9.66 Å². The van der Waals surface area contributed by atoms with Crippen molar-refractivity contribution in [3.8, 4) is 0 Å². The molecule has 0 fully saturated rings. The maximum atomic E-state index is 10.9. The van der Waals surface area contributed by atoms with Crippen LogP contribution < -0.4 is 5.32 Å². The molecule has 7 nitrogen and oxygen atoms in total. The molecule has 0 spiro atoms. The summed E-state index contributed by atoms with van der Waals surface area (Å²) in [5.74, 6) is 0.0459. The van der Waals surface area contributed by atoms with Gasteiger partial charge in [-0.15, -0.1) is 0 Å². The van der Waals surface area contributed by atoms with E-state index in [0.29, 0.717) is 12.3 Å². The monoisotopic (exact) mass is 294 g/mol. The predicted octanol–water partition coefficient (Wildman–Crippen LogP) is 2.93. The van der Waals surface area contributed by atoms with Crippen LogP contribution in [0.2, 0.25) is 5.28 Å². The molecular weight excluding hydrogens is 284 g/mol. The van der Waals surface area contributed by atoms with Gasteiger partial charge in [0.15, 0.2) is 0 Å². The van der Waals surface area contributed by atoms with Gasteiger partial charge in [-0.2, -0.15) is 4.98 Å². The van der Waals surface area contributed by atoms with Crippen LogP contribution in [0.15, 0.2) is 30.5 Å². The van der Waals surface area contributed by atoms with E-state index in [0.717, 1.165) is 11.8 Å². The second-order valence-electron chi connectivity index (χ2n) is 3.89. The first kappa shape index (κ1) is 14.2. The topological polar surface area (TPSA) is 90.2 Å². The molecule has 0 aliphatic rings. The summed E-state index contributed by atoms with van der Waals surface area (Å²) < 4.78 is 5.03. The van der Waals surface area contributed by atoms with E-state index in [9.17, 15) is 10.1 Å². The van der Waals surface area contributed by atoms with E-state index >= 15 is 0 Å². The van der Waals surface area contributed by atoms with Crippen molar-refractivity contribution in [2.45, 2.75) is 6.61 Å². The number of halogens is 1. The fraction of sp³-hybridized carbons (Fsp3) is 0.167. The normalized spacial score (nSPS) is 10.3. The highest BCUT2D eigenvalue weighted by atomic mass is 35.5. The summed E-state index contributed by atoms with van der Waals surface area (Å²) in [6.07, 6.45) is 1.07. The Kier molecular flexibility index (Phi) is 4.44. The Hall–Kier alpha value is -2.25. The van der Waals surface area contributed by atoms with Crippen LogP contribution >= 0.6 is 11.6 Å². The molecule has 0 amide bonds. The molecule has 0 atom stereocenters. The second kappa shape index (κ2) is 6.27. The number of benzene rings is 1. The molecule has 20 heavy (non-hydrogen) atoms. The maximum Gasteiger partial charge on any atom is 0.329 e. The van der Waals surface area contributed by atoms with Crippen LogP contribution in [0.4, 0.5) is 17.2 Å². The number of methoxy groups -OCH3 is 1. The smallest absolute Gasteiger partial charge is 0.329 e. The maximum absolute atomic E-state index is 10.9. The van der Waals surface area contributed by atoms with E-state index in [1.54, 1.807) is 13.2 Å². The molecular formula is C12H11ClN4O3. The minimum atomic E-state index is -0.572. The van der Waals surface area contributed by atoms with Gasteiger partial charge in [-0.1, -0.05) is 12.1 Å². The zero-order valence-corrected chi connectivity index (χ0v) is 11.3. The third-order valence-corrected chi connectivity index (χ3v) is 2.62. The number of hydrogen-bond donors (Lipinski definition) is 1. The van der Waals surface area contributed by atoms with E-state index in [2.05, 4.69) is 15.3 Å². The van der Waals surface area contributed by atoms with E-state index in [4.69, 9.17) is 16.3 Å². The molecule has 0 aliphatic heterocycles. The second-order valence-corrected chi connectivity index (χ2v) is 4.23. The molecule has 0 unspecified atom stereocenters. The SMILES string of the molecule is COCc1cccc(Nc2nc(Cl)ncc2[N+](=O)[O-])c1. The lowest BCUT2D eigenvalue weighted by Crippen LogP contribution is -2.01. The van der Waals surface area contributed by atoms with Gasteiger partial charge >= 0.3 is 5.69 Å². The van der Waals surface area contributed by atoms with Gasteiger partial charge < -0.3 is 10.1 Å². The van der Waals surface area contributed by atoms with Crippen molar-refractivity contribution in [2.24, 2.45) is 0 Å². The highest BCUT2D eigenvalue weighted by molar-refractivity contribution is 6.28. The fourth-order valence-corrected chi connectivity index (χ4v) is 1.76. The summed E-state index contributed by atoms with van der Waals surface area (Å²) in [4.78, 5) is 17.8. The van der Waals surface area contributed by atoms with Crippen LogP contribution in [-0.2, 0) is 11.3 Å². The number of aromatic nitrogens is 2. The van der Waals surface area contributed by atoms with Gasteiger partial charge in [0.2, 0.25) is 11.1 Å². The summed E-state index contributed by atoms with van der Waals surface area (Å²) in [6.45, 7) is 0.447. The van der Waals surface area contributed by atoms with Gasteiger partial charge in [0.1, 0.15) is 6.20 Å². The number of nitrogens with zero attached hydrogens (tertiary/aromatic N) is 3. The lowest BCUT2D eigenvalue weighted by molar-refractivity contribution is -0.384. The van der Waals surface area contributed by atoms with Crippen molar-refractivity contribution >= 4 is 28.8 Å². The standard InChI is InChI=1S/C12H11ClN4O3/c1-20-7-8-3-2-4-9(5-8)15-11-10(17(18)19)6-14-12(13)16-11/h2-6H,7H2,1H3,(H,14,15,16). The average Bonchev–Trinajstić information content (AvgIpc) is 2.39. The quantitative estimate of drug-likeness (QED) is 0.518. The van der Waals surface area contributed by atoms with Crippen molar-refractivity contribution in [2.75, 3.05) is 12.4 Å². The number of nitro groups is 1. The van der Waals surface area contributed by atoms with Crippen LogP contribution in [0.1, 0.15) is 5.56 Å². The van der Waals surface area contributed by atoms with Gasteiger partial charge in [0, 0.05) is 12.8 Å². The molecule has 0 radical (unpaired) electrons. The molecule has 0 bridgehead atoms. The largest absolute Gasteiger partial charge is 0.380 e. The Labute approximate surface area is 119 Å². The molecule has 0 saturated heterocycles. The Morgan fingerprint density at radius 2 is 2.30 bits per heavy atom. The minimum absolute atomic E-state index is 0.0459. The van der Waals surface area contributed by atoms with E-state index in [1.807, 2.05) is 18.2 Å². The zero-order chi connectivity index (χ0) is 14.5. The zero-order valence-electron chi connectivity index (χ0n) is 10.5. The molecule has 104 valence electrons. The van der Waals surface area contributed by atoms with Crippen molar-refractivity contribution in [1.82, 2.24) is 9.97 Å². The van der Waals surface area contributed by atoms with Crippen LogP contribution in [-0.4, -0.2) is 22.0 Å². The first-order chi connectivity index (χ1) is 9.60. The Morgan fingerprint density at radius 3 is 3.00 bits per heavy atom. The van der Waals surface area contributed by atoms with Gasteiger partial charge in [0.25, 0.3) is 0 Å². The highest BCUT2D eigenvalue weighted by Crippen LogP contribution is 2.26. The van der Waals surface area contributed by atoms with E-state index in [1.165, 1.54) is 0 Å². The summed E-state index contributed by atoms with van der Waals surface area (Å²) in [6, 6.07) is 7.27. The number of ether oxygens (including phenoxy) is 1. The van der Waals surface area contributed by atoms with E-state index in [-0.39, 0.29) is 16.8 Å². The van der Waals surface area contributed by atoms with Gasteiger partial charge in [0.05, 0.1) is 11.5 Å². The molecule has 2 aromatic rings. The number of nitrogens with one attached hydrogen (secondary N) is 1. The molecule has 2 rings (SSSR count). The van der Waals surface area contributed by atoms with Gasteiger partial charge in [-0.3, -0.25) is 10.1 Å². The number of rotatable bonds is 5. The fourth-order valence-electron chi connectivity index (χ4n) is 1.62. The molecule has 8 heteroatoms. The summed E-state index contributed by atoms with van der Waals surface area (Å²) in [5, 5.41) is 13.7. The highest BCUT2D eigenvalue weighted by Gasteiger charge is 2.17. The summed E-state index contributed by atoms with van der Waals surface area (Å²) >= 11 is 5.66. The number of hydrogen-bond acceptors (Lipinski definition) is 6. The van der Waals surface area contributed by atoms with Crippen molar-refractivity contribution in [3.63, 3.8) is 0 Å². The van der Waals surface area contributed by atoms with Crippen LogP contribution in [0, 0.1) is 10.1 Å². The molecule has 1 aromatic carbocycles. The van der Waals surface area contributed by atoms with Crippen LogP contribution in [0.25, 0.3) is 0 Å².